The third-order valence-corrected chi connectivity index (χ3v) is 5.51. The summed E-state index contributed by atoms with van der Waals surface area (Å²) < 4.78 is 19.6. The summed E-state index contributed by atoms with van der Waals surface area (Å²) in [5, 5.41) is 0. The van der Waals surface area contributed by atoms with E-state index < -0.39 is 59.4 Å². The normalized spacial score (nSPS) is 32.3. The summed E-state index contributed by atoms with van der Waals surface area (Å²) in [4.78, 5) is 50.0. The van der Waals surface area contributed by atoms with E-state index in [4.69, 9.17) is 18.9 Å². The van der Waals surface area contributed by atoms with Crippen LogP contribution in [0.5, 0.6) is 0 Å². The third kappa shape index (κ3) is 2.97. The molecule has 4 unspecified atom stereocenters. The molecule has 1 saturated carbocycles. The Morgan fingerprint density at radius 3 is 1.38 bits per heavy atom. The van der Waals surface area contributed by atoms with E-state index in [1.54, 1.807) is 6.08 Å². The number of methoxy groups -OCH3 is 4. The Hall–Kier alpha value is -2.38. The molecule has 2 bridgehead atoms. The molecular formula is C18H24O8. The first-order valence-corrected chi connectivity index (χ1v) is 8.39. The predicted octanol–water partition coefficient (Wildman–Crippen LogP) is 0.739. The van der Waals surface area contributed by atoms with Crippen molar-refractivity contribution in [2.75, 3.05) is 28.4 Å². The number of ether oxygens (including phenoxy) is 4. The second kappa shape index (κ2) is 7.88. The van der Waals surface area contributed by atoms with Crippen molar-refractivity contribution in [3.05, 3.63) is 11.6 Å². The molecule has 1 fully saturated rings. The summed E-state index contributed by atoms with van der Waals surface area (Å²) in [5.74, 6) is -7.63. The van der Waals surface area contributed by atoms with Crippen molar-refractivity contribution in [3.8, 4) is 0 Å². The zero-order chi connectivity index (χ0) is 19.6. The summed E-state index contributed by atoms with van der Waals surface area (Å²) >= 11 is 0. The van der Waals surface area contributed by atoms with Gasteiger partial charge in [-0.2, -0.15) is 0 Å². The highest BCUT2D eigenvalue weighted by atomic mass is 16.5. The lowest BCUT2D eigenvalue weighted by Crippen LogP contribution is -2.59. The van der Waals surface area contributed by atoms with E-state index in [0.717, 1.165) is 5.57 Å². The monoisotopic (exact) mass is 368 g/mol. The zero-order valence-corrected chi connectivity index (χ0v) is 15.5. The van der Waals surface area contributed by atoms with Gasteiger partial charge in [-0.15, -0.1) is 0 Å². The zero-order valence-electron chi connectivity index (χ0n) is 15.5. The molecule has 0 aromatic heterocycles. The molecule has 144 valence electrons. The molecule has 3 rings (SSSR count). The van der Waals surface area contributed by atoms with Crippen LogP contribution in [0.4, 0.5) is 0 Å². The van der Waals surface area contributed by atoms with Gasteiger partial charge >= 0.3 is 23.9 Å². The van der Waals surface area contributed by atoms with Gasteiger partial charge in [0.2, 0.25) is 0 Å². The molecule has 0 aromatic rings. The molecule has 0 aromatic carbocycles. The third-order valence-electron chi connectivity index (χ3n) is 5.51. The van der Waals surface area contributed by atoms with Gasteiger partial charge in [0.1, 0.15) is 0 Å². The summed E-state index contributed by atoms with van der Waals surface area (Å²) in [6.07, 6.45) is 2.36. The number of rotatable bonds is 5. The minimum atomic E-state index is -0.933. The van der Waals surface area contributed by atoms with Gasteiger partial charge in [0.15, 0.2) is 0 Å². The minimum Gasteiger partial charge on any atom is -0.469 e. The smallest absolute Gasteiger partial charge is 0.310 e. The van der Waals surface area contributed by atoms with Gasteiger partial charge in [-0.05, 0) is 6.42 Å². The standard InChI is InChI=1S/C18H24O8/c1-6-8-7-9-11(15(19)23-2)13(17(21)25-4)10(8)14(18(22)26-5)12(9)16(20)24-3/h7,9-14H,6H2,1-5H3. The highest BCUT2D eigenvalue weighted by Gasteiger charge is 2.63. The van der Waals surface area contributed by atoms with Crippen molar-refractivity contribution in [2.45, 2.75) is 13.3 Å². The SMILES string of the molecule is CCC1=CC2C(C(=O)OC)C(C(=O)OC)C1C(C(=O)OC)C2C(=O)OC. The summed E-state index contributed by atoms with van der Waals surface area (Å²) in [5.41, 5.74) is 0.820. The van der Waals surface area contributed by atoms with E-state index in [0.29, 0.717) is 6.42 Å². The molecule has 0 radical (unpaired) electrons. The van der Waals surface area contributed by atoms with Gasteiger partial charge in [-0.25, -0.2) is 0 Å². The Bertz CT molecular complexity index is 593. The Morgan fingerprint density at radius 1 is 0.731 bits per heavy atom. The first-order valence-electron chi connectivity index (χ1n) is 8.39. The lowest BCUT2D eigenvalue weighted by Gasteiger charge is -2.51. The molecule has 0 amide bonds. The maximum Gasteiger partial charge on any atom is 0.310 e. The first-order chi connectivity index (χ1) is 12.4. The molecule has 26 heavy (non-hydrogen) atoms. The van der Waals surface area contributed by atoms with E-state index in [9.17, 15) is 19.2 Å². The second-order valence-electron chi connectivity index (χ2n) is 6.39. The van der Waals surface area contributed by atoms with Gasteiger partial charge in [0, 0.05) is 11.8 Å². The average molecular weight is 368 g/mol. The molecule has 3 aliphatic rings. The van der Waals surface area contributed by atoms with Gasteiger partial charge in [-0.3, -0.25) is 19.2 Å². The van der Waals surface area contributed by atoms with E-state index in [1.807, 2.05) is 6.92 Å². The Labute approximate surface area is 151 Å². The second-order valence-corrected chi connectivity index (χ2v) is 6.39. The highest BCUT2D eigenvalue weighted by molar-refractivity contribution is 5.90. The molecule has 4 atom stereocenters. The summed E-state index contributed by atoms with van der Waals surface area (Å²) in [6.45, 7) is 1.88. The lowest BCUT2D eigenvalue weighted by molar-refractivity contribution is -0.183. The Kier molecular flexibility index (Phi) is 6.05. The fourth-order valence-corrected chi connectivity index (χ4v) is 4.49. The van der Waals surface area contributed by atoms with Crippen molar-refractivity contribution in [1.82, 2.24) is 0 Å². The molecule has 8 nitrogen and oxygen atoms in total. The van der Waals surface area contributed by atoms with Crippen molar-refractivity contribution >= 4 is 23.9 Å². The number of hydrogen-bond acceptors (Lipinski definition) is 8. The molecule has 0 heterocycles. The van der Waals surface area contributed by atoms with Crippen LogP contribution in [0.25, 0.3) is 0 Å². The molecule has 0 saturated heterocycles. The maximum absolute atomic E-state index is 12.5. The minimum absolute atomic E-state index is 0.559. The van der Waals surface area contributed by atoms with Crippen LogP contribution in [0.1, 0.15) is 13.3 Å². The number of esters is 4. The molecule has 0 aliphatic heterocycles. The van der Waals surface area contributed by atoms with Gasteiger partial charge in [0.05, 0.1) is 52.1 Å². The van der Waals surface area contributed by atoms with Crippen molar-refractivity contribution < 1.29 is 38.1 Å². The molecule has 0 spiro atoms. The van der Waals surface area contributed by atoms with Crippen LogP contribution in [0, 0.1) is 35.5 Å². The largest absolute Gasteiger partial charge is 0.469 e. The number of fused-ring (bicyclic) bond motifs is 2. The molecule has 3 aliphatic carbocycles. The van der Waals surface area contributed by atoms with E-state index in [-0.39, 0.29) is 0 Å². The summed E-state index contributed by atoms with van der Waals surface area (Å²) in [6, 6.07) is 0. The lowest BCUT2D eigenvalue weighted by atomic mass is 9.50. The van der Waals surface area contributed by atoms with Crippen molar-refractivity contribution in [2.24, 2.45) is 35.5 Å². The highest BCUT2D eigenvalue weighted by Crippen LogP contribution is 2.56. The number of carbonyl (C=O) groups is 4. The molecule has 8 heteroatoms. The van der Waals surface area contributed by atoms with Crippen LogP contribution in [0.15, 0.2) is 11.6 Å². The van der Waals surface area contributed by atoms with E-state index in [1.165, 1.54) is 28.4 Å². The van der Waals surface area contributed by atoms with E-state index >= 15 is 0 Å². The topological polar surface area (TPSA) is 105 Å². The summed E-state index contributed by atoms with van der Waals surface area (Å²) in [7, 11) is 4.88. The Balaban J connectivity index is 2.69. The van der Waals surface area contributed by atoms with Crippen molar-refractivity contribution in [3.63, 3.8) is 0 Å². The number of carbonyl (C=O) groups excluding carboxylic acids is 4. The van der Waals surface area contributed by atoms with Crippen LogP contribution >= 0.6 is 0 Å². The molecule has 0 N–H and O–H groups in total. The van der Waals surface area contributed by atoms with Crippen LogP contribution in [0.2, 0.25) is 0 Å². The van der Waals surface area contributed by atoms with Crippen LogP contribution in [-0.4, -0.2) is 52.3 Å². The van der Waals surface area contributed by atoms with E-state index in [2.05, 4.69) is 0 Å². The van der Waals surface area contributed by atoms with Crippen LogP contribution in [-0.2, 0) is 38.1 Å². The Morgan fingerprint density at radius 2 is 1.08 bits per heavy atom. The number of allylic oxidation sites excluding steroid dienone is 2. The fourth-order valence-electron chi connectivity index (χ4n) is 4.49. The van der Waals surface area contributed by atoms with Gasteiger partial charge in [-0.1, -0.05) is 18.6 Å². The number of hydrogen-bond donors (Lipinski definition) is 0. The van der Waals surface area contributed by atoms with Crippen LogP contribution in [0.3, 0.4) is 0 Å². The van der Waals surface area contributed by atoms with Gasteiger partial charge in [0.25, 0.3) is 0 Å². The maximum atomic E-state index is 12.5. The quantitative estimate of drug-likeness (QED) is 0.397. The molecular weight excluding hydrogens is 344 g/mol. The van der Waals surface area contributed by atoms with Crippen molar-refractivity contribution in [1.29, 1.82) is 0 Å². The fraction of sp³-hybridized carbons (Fsp3) is 0.667. The average Bonchev–Trinajstić information content (AvgIpc) is 2.69. The van der Waals surface area contributed by atoms with Gasteiger partial charge < -0.3 is 18.9 Å². The predicted molar refractivity (Wildman–Crippen MR) is 87.4 cm³/mol. The first kappa shape index (κ1) is 19.9. The van der Waals surface area contributed by atoms with Crippen LogP contribution < -0.4 is 0 Å².